The molecule has 0 N–H and O–H groups in total. The molecule has 0 unspecified atom stereocenters. The van der Waals surface area contributed by atoms with Crippen LogP contribution < -0.4 is 4.74 Å². The smallest absolute Gasteiger partial charge is 0.337 e. The van der Waals surface area contributed by atoms with Gasteiger partial charge in [0.2, 0.25) is 0 Å². The Morgan fingerprint density at radius 1 is 1.14 bits per heavy atom. The molecule has 0 aliphatic carbocycles. The highest BCUT2D eigenvalue weighted by molar-refractivity contribution is 5.90. The summed E-state index contributed by atoms with van der Waals surface area (Å²) in [5.41, 5.74) is 1.37. The molecule has 0 radical (unpaired) electrons. The van der Waals surface area contributed by atoms with Crippen molar-refractivity contribution in [2.75, 3.05) is 7.11 Å². The van der Waals surface area contributed by atoms with Crippen LogP contribution in [0.5, 0.6) is 11.5 Å². The normalized spacial score (nSPS) is 10.6. The molecule has 0 heterocycles. The van der Waals surface area contributed by atoms with Crippen LogP contribution in [0.2, 0.25) is 0 Å². The minimum Gasteiger partial charge on any atom is -0.465 e. The monoisotopic (exact) mass is 296 g/mol. The van der Waals surface area contributed by atoms with Crippen molar-refractivity contribution in [3.63, 3.8) is 0 Å². The van der Waals surface area contributed by atoms with Gasteiger partial charge in [-0.1, -0.05) is 43.7 Å². The molecule has 22 heavy (non-hydrogen) atoms. The lowest BCUT2D eigenvalue weighted by molar-refractivity contribution is 0.0600. The van der Waals surface area contributed by atoms with E-state index in [1.165, 1.54) is 7.11 Å². The molecule has 114 valence electrons. The van der Waals surface area contributed by atoms with Gasteiger partial charge < -0.3 is 9.47 Å². The summed E-state index contributed by atoms with van der Waals surface area (Å²) in [7, 11) is 1.38. The molecule has 2 rings (SSSR count). The van der Waals surface area contributed by atoms with Gasteiger partial charge >= 0.3 is 5.97 Å². The van der Waals surface area contributed by atoms with Crippen molar-refractivity contribution in [1.29, 1.82) is 0 Å². The Morgan fingerprint density at radius 3 is 2.59 bits per heavy atom. The summed E-state index contributed by atoms with van der Waals surface area (Å²) in [5.74, 6) is 1.13. The third kappa shape index (κ3) is 4.22. The van der Waals surface area contributed by atoms with Crippen LogP contribution in [0.25, 0.3) is 6.08 Å². The number of hydrogen-bond donors (Lipinski definition) is 0. The standard InChI is InChI=1S/C19H20O3/c1-3-4-6-9-15-14-16(19(20)21-2)12-13-18(15)22-17-10-7-5-8-11-17/h5-14H,3-4H2,1-2H3/b9-6+. The van der Waals surface area contributed by atoms with E-state index in [1.54, 1.807) is 18.2 Å². The molecule has 0 spiro atoms. The molecule has 0 fully saturated rings. The number of allylic oxidation sites excluding steroid dienone is 1. The quantitative estimate of drug-likeness (QED) is 0.697. The first-order chi connectivity index (χ1) is 10.7. The fraction of sp³-hybridized carbons (Fsp3) is 0.211. The van der Waals surface area contributed by atoms with Crippen molar-refractivity contribution in [3.8, 4) is 11.5 Å². The van der Waals surface area contributed by atoms with Gasteiger partial charge in [0, 0.05) is 5.56 Å². The van der Waals surface area contributed by atoms with Crippen LogP contribution in [-0.2, 0) is 4.74 Å². The Bertz CT molecular complexity index is 645. The molecule has 0 amide bonds. The van der Waals surface area contributed by atoms with Crippen LogP contribution >= 0.6 is 0 Å². The highest BCUT2D eigenvalue weighted by atomic mass is 16.5. The number of ether oxygens (including phenoxy) is 2. The van der Waals surface area contributed by atoms with E-state index in [4.69, 9.17) is 9.47 Å². The highest BCUT2D eigenvalue weighted by Gasteiger charge is 2.10. The topological polar surface area (TPSA) is 35.5 Å². The number of rotatable bonds is 6. The van der Waals surface area contributed by atoms with Crippen molar-refractivity contribution < 1.29 is 14.3 Å². The highest BCUT2D eigenvalue weighted by Crippen LogP contribution is 2.27. The van der Waals surface area contributed by atoms with Crippen molar-refractivity contribution in [3.05, 3.63) is 65.7 Å². The molecular weight excluding hydrogens is 276 g/mol. The molecule has 3 nitrogen and oxygen atoms in total. The lowest BCUT2D eigenvalue weighted by atomic mass is 10.1. The zero-order chi connectivity index (χ0) is 15.8. The van der Waals surface area contributed by atoms with E-state index < -0.39 is 0 Å². The van der Waals surface area contributed by atoms with E-state index >= 15 is 0 Å². The Balaban J connectivity index is 2.32. The average Bonchev–Trinajstić information content (AvgIpc) is 2.56. The summed E-state index contributed by atoms with van der Waals surface area (Å²) in [6.45, 7) is 2.12. The minimum absolute atomic E-state index is 0.351. The van der Waals surface area contributed by atoms with Gasteiger partial charge in [0.1, 0.15) is 11.5 Å². The molecule has 0 aliphatic heterocycles. The molecule has 0 saturated carbocycles. The maximum atomic E-state index is 11.7. The number of benzene rings is 2. The Morgan fingerprint density at radius 2 is 1.91 bits per heavy atom. The Hall–Kier alpha value is -2.55. The van der Waals surface area contributed by atoms with E-state index in [0.29, 0.717) is 11.3 Å². The third-order valence-electron chi connectivity index (χ3n) is 3.15. The fourth-order valence-electron chi connectivity index (χ4n) is 2.01. The van der Waals surface area contributed by atoms with E-state index in [-0.39, 0.29) is 5.97 Å². The predicted molar refractivity (Wildman–Crippen MR) is 88.2 cm³/mol. The second-order valence-electron chi connectivity index (χ2n) is 4.85. The van der Waals surface area contributed by atoms with Crippen LogP contribution in [0.1, 0.15) is 35.7 Å². The largest absolute Gasteiger partial charge is 0.465 e. The van der Waals surface area contributed by atoms with Gasteiger partial charge in [-0.25, -0.2) is 4.79 Å². The maximum absolute atomic E-state index is 11.7. The second-order valence-corrected chi connectivity index (χ2v) is 4.85. The van der Waals surface area contributed by atoms with Gasteiger partial charge in [0.25, 0.3) is 0 Å². The lowest BCUT2D eigenvalue weighted by Crippen LogP contribution is -2.01. The molecule has 0 saturated heterocycles. The molecule has 0 atom stereocenters. The van der Waals surface area contributed by atoms with Gasteiger partial charge in [-0.3, -0.25) is 0 Å². The second kappa shape index (κ2) is 8.03. The number of esters is 1. The van der Waals surface area contributed by atoms with E-state index in [2.05, 4.69) is 13.0 Å². The number of hydrogen-bond acceptors (Lipinski definition) is 3. The average molecular weight is 296 g/mol. The van der Waals surface area contributed by atoms with Crippen molar-refractivity contribution in [2.24, 2.45) is 0 Å². The molecule has 0 bridgehead atoms. The van der Waals surface area contributed by atoms with Gasteiger partial charge in [0.15, 0.2) is 0 Å². The van der Waals surface area contributed by atoms with Crippen molar-refractivity contribution in [1.82, 2.24) is 0 Å². The molecule has 3 heteroatoms. The number of carbonyl (C=O) groups is 1. The molecule has 2 aromatic rings. The predicted octanol–water partition coefficient (Wildman–Crippen LogP) is 5.08. The van der Waals surface area contributed by atoms with Gasteiger partial charge in [0.05, 0.1) is 12.7 Å². The SMILES string of the molecule is CCC/C=C/c1cc(C(=O)OC)ccc1Oc1ccccc1. The number of carbonyl (C=O) groups excluding carboxylic acids is 1. The zero-order valence-corrected chi connectivity index (χ0v) is 12.9. The minimum atomic E-state index is -0.351. The van der Waals surface area contributed by atoms with Gasteiger partial charge in [-0.05, 0) is 36.8 Å². The molecular formula is C19H20O3. The van der Waals surface area contributed by atoms with Crippen LogP contribution in [0.3, 0.4) is 0 Å². The summed E-state index contributed by atoms with van der Waals surface area (Å²) in [6, 6.07) is 14.9. The molecule has 0 aliphatic rings. The van der Waals surface area contributed by atoms with Crippen LogP contribution in [0.15, 0.2) is 54.6 Å². The zero-order valence-electron chi connectivity index (χ0n) is 12.9. The van der Waals surface area contributed by atoms with Crippen LogP contribution in [0.4, 0.5) is 0 Å². The molecule has 0 aromatic heterocycles. The first-order valence-corrected chi connectivity index (χ1v) is 7.36. The van der Waals surface area contributed by atoms with Gasteiger partial charge in [-0.2, -0.15) is 0 Å². The van der Waals surface area contributed by atoms with Crippen molar-refractivity contribution in [2.45, 2.75) is 19.8 Å². The van der Waals surface area contributed by atoms with Gasteiger partial charge in [-0.15, -0.1) is 0 Å². The summed E-state index contributed by atoms with van der Waals surface area (Å²) in [4.78, 5) is 11.7. The first-order valence-electron chi connectivity index (χ1n) is 7.36. The van der Waals surface area contributed by atoms with E-state index in [0.717, 1.165) is 24.2 Å². The Labute approximate surface area is 131 Å². The lowest BCUT2D eigenvalue weighted by Gasteiger charge is -2.10. The number of methoxy groups -OCH3 is 1. The van der Waals surface area contributed by atoms with Crippen LogP contribution in [-0.4, -0.2) is 13.1 Å². The summed E-state index contributed by atoms with van der Waals surface area (Å²) in [5, 5.41) is 0. The number of para-hydroxylation sites is 1. The van der Waals surface area contributed by atoms with Crippen LogP contribution in [0, 0.1) is 0 Å². The van der Waals surface area contributed by atoms with E-state index in [9.17, 15) is 4.79 Å². The number of unbranched alkanes of at least 4 members (excludes halogenated alkanes) is 1. The summed E-state index contributed by atoms with van der Waals surface area (Å²) >= 11 is 0. The third-order valence-corrected chi connectivity index (χ3v) is 3.15. The Kier molecular flexibility index (Phi) is 5.78. The maximum Gasteiger partial charge on any atom is 0.337 e. The molecule has 2 aromatic carbocycles. The summed E-state index contributed by atoms with van der Waals surface area (Å²) in [6.07, 6.45) is 6.11. The van der Waals surface area contributed by atoms with E-state index in [1.807, 2.05) is 36.4 Å². The van der Waals surface area contributed by atoms with Crippen molar-refractivity contribution >= 4 is 12.0 Å². The first kappa shape index (κ1) is 15.8. The fourth-order valence-corrected chi connectivity index (χ4v) is 2.01. The summed E-state index contributed by atoms with van der Waals surface area (Å²) < 4.78 is 10.7.